The third kappa shape index (κ3) is 13.3. The normalized spacial score (nSPS) is 11.2. The molecule has 0 unspecified atom stereocenters. The average molecular weight is 290 g/mol. The molecule has 1 N–H and O–H groups in total. The molecule has 0 aromatic rings. The van der Waals surface area contributed by atoms with Gasteiger partial charge in [-0.3, -0.25) is 9.59 Å². The summed E-state index contributed by atoms with van der Waals surface area (Å²) in [5.41, 5.74) is -0.458. The van der Waals surface area contributed by atoms with Crippen LogP contribution in [-0.4, -0.2) is 49.1 Å². The second-order valence-corrected chi connectivity index (χ2v) is 5.35. The molecular weight excluding hydrogens is 264 g/mol. The monoisotopic (exact) mass is 290 g/mol. The number of rotatable bonds is 10. The molecule has 0 radical (unpaired) electrons. The molecule has 0 aromatic carbocycles. The van der Waals surface area contributed by atoms with Crippen molar-refractivity contribution in [3.8, 4) is 0 Å². The Labute approximate surface area is 120 Å². The molecule has 0 amide bonds. The van der Waals surface area contributed by atoms with Crippen molar-refractivity contribution in [3.63, 3.8) is 0 Å². The van der Waals surface area contributed by atoms with Crippen LogP contribution < -0.4 is 0 Å². The molecule has 0 bridgehead atoms. The molecule has 20 heavy (non-hydrogen) atoms. The maximum Gasteiger partial charge on any atom is 0.306 e. The molecule has 118 valence electrons. The molecule has 0 heterocycles. The van der Waals surface area contributed by atoms with Crippen molar-refractivity contribution in [1.29, 1.82) is 0 Å². The first-order valence-corrected chi connectivity index (χ1v) is 6.91. The van der Waals surface area contributed by atoms with Gasteiger partial charge < -0.3 is 19.3 Å². The van der Waals surface area contributed by atoms with Crippen LogP contribution in [0.5, 0.6) is 0 Å². The number of carbonyl (C=O) groups excluding carboxylic acids is 2. The van der Waals surface area contributed by atoms with Crippen LogP contribution in [0.4, 0.5) is 0 Å². The summed E-state index contributed by atoms with van der Waals surface area (Å²) in [6, 6.07) is 0. The molecule has 0 saturated heterocycles. The number of aliphatic hydroxyl groups is 1. The van der Waals surface area contributed by atoms with Gasteiger partial charge in [0.25, 0.3) is 0 Å². The van der Waals surface area contributed by atoms with Gasteiger partial charge in [-0.15, -0.1) is 0 Å². The van der Waals surface area contributed by atoms with E-state index >= 15 is 0 Å². The summed E-state index contributed by atoms with van der Waals surface area (Å²) >= 11 is 0. The Balaban J connectivity index is 3.37. The first-order chi connectivity index (χ1) is 9.35. The van der Waals surface area contributed by atoms with Crippen LogP contribution in [0.3, 0.4) is 0 Å². The average Bonchev–Trinajstić information content (AvgIpc) is 2.33. The molecule has 0 rings (SSSR count). The van der Waals surface area contributed by atoms with Crippen molar-refractivity contribution in [1.82, 2.24) is 0 Å². The number of aliphatic hydroxyl groups excluding tert-OH is 1. The second kappa shape index (κ2) is 10.6. The molecular formula is C14H26O6. The van der Waals surface area contributed by atoms with Gasteiger partial charge in [0.2, 0.25) is 0 Å². The molecule has 0 saturated carbocycles. The lowest BCUT2D eigenvalue weighted by Crippen LogP contribution is -2.23. The van der Waals surface area contributed by atoms with E-state index in [9.17, 15) is 9.59 Å². The Kier molecular flexibility index (Phi) is 10.0. The topological polar surface area (TPSA) is 82.1 Å². The van der Waals surface area contributed by atoms with E-state index in [-0.39, 0.29) is 31.6 Å². The Bertz CT molecular complexity index is 282. The van der Waals surface area contributed by atoms with Crippen molar-refractivity contribution in [2.45, 2.75) is 52.1 Å². The molecule has 0 aromatic heterocycles. The van der Waals surface area contributed by atoms with Crippen LogP contribution in [-0.2, 0) is 23.8 Å². The summed E-state index contributed by atoms with van der Waals surface area (Å²) in [6.07, 6.45) is 1.52. The second-order valence-electron chi connectivity index (χ2n) is 5.35. The lowest BCUT2D eigenvalue weighted by atomic mass is 10.2. The number of hydrogen-bond acceptors (Lipinski definition) is 6. The minimum Gasteiger partial charge on any atom is -0.463 e. The zero-order valence-corrected chi connectivity index (χ0v) is 12.6. The summed E-state index contributed by atoms with van der Waals surface area (Å²) in [7, 11) is 0. The Morgan fingerprint density at radius 3 is 2.20 bits per heavy atom. The van der Waals surface area contributed by atoms with E-state index in [1.165, 1.54) is 0 Å². The van der Waals surface area contributed by atoms with Gasteiger partial charge in [-0.1, -0.05) is 0 Å². The van der Waals surface area contributed by atoms with Crippen LogP contribution >= 0.6 is 0 Å². The van der Waals surface area contributed by atoms with Gasteiger partial charge in [0.05, 0.1) is 6.61 Å². The highest BCUT2D eigenvalue weighted by Crippen LogP contribution is 2.09. The van der Waals surface area contributed by atoms with E-state index in [2.05, 4.69) is 0 Å². The molecule has 6 nitrogen and oxygen atoms in total. The van der Waals surface area contributed by atoms with E-state index in [1.54, 1.807) is 0 Å². The standard InChI is InChI=1S/C14H26O6/c1-14(2,3)20-13(17)7-5-9-18-10-11-19-12(16)6-4-8-15/h15H,4-11H2,1-3H3. The molecule has 0 aliphatic rings. The molecule has 0 atom stereocenters. The van der Waals surface area contributed by atoms with E-state index < -0.39 is 5.60 Å². The highest BCUT2D eigenvalue weighted by atomic mass is 16.6. The maximum absolute atomic E-state index is 11.4. The lowest BCUT2D eigenvalue weighted by Gasteiger charge is -2.19. The number of ether oxygens (including phenoxy) is 3. The highest BCUT2D eigenvalue weighted by Gasteiger charge is 2.15. The largest absolute Gasteiger partial charge is 0.463 e. The molecule has 0 aliphatic heterocycles. The van der Waals surface area contributed by atoms with Crippen LogP contribution in [0.1, 0.15) is 46.5 Å². The summed E-state index contributed by atoms with van der Waals surface area (Å²) < 4.78 is 15.3. The summed E-state index contributed by atoms with van der Waals surface area (Å²) in [6.45, 7) is 6.38. The summed E-state index contributed by atoms with van der Waals surface area (Å²) in [4.78, 5) is 22.4. The highest BCUT2D eigenvalue weighted by molar-refractivity contribution is 5.69. The zero-order chi connectivity index (χ0) is 15.4. The molecule has 0 spiro atoms. The van der Waals surface area contributed by atoms with Gasteiger partial charge in [0.15, 0.2) is 0 Å². The summed E-state index contributed by atoms with van der Waals surface area (Å²) in [5, 5.41) is 8.53. The fourth-order valence-corrected chi connectivity index (χ4v) is 1.32. The van der Waals surface area contributed by atoms with E-state index in [1.807, 2.05) is 20.8 Å². The molecule has 0 fully saturated rings. The predicted octanol–water partition coefficient (Wildman–Crippen LogP) is 1.44. The van der Waals surface area contributed by atoms with Crippen molar-refractivity contribution in [3.05, 3.63) is 0 Å². The quantitative estimate of drug-likeness (QED) is 0.484. The fraction of sp³-hybridized carbons (Fsp3) is 0.857. The van der Waals surface area contributed by atoms with Crippen molar-refractivity contribution in [2.24, 2.45) is 0 Å². The van der Waals surface area contributed by atoms with Gasteiger partial charge in [0, 0.05) is 26.1 Å². The minimum absolute atomic E-state index is 0.0176. The smallest absolute Gasteiger partial charge is 0.306 e. The van der Waals surface area contributed by atoms with E-state index in [0.717, 1.165) is 0 Å². The molecule has 6 heteroatoms. The Hall–Kier alpha value is -1.14. The van der Waals surface area contributed by atoms with Gasteiger partial charge in [-0.2, -0.15) is 0 Å². The molecule has 0 aliphatic carbocycles. The van der Waals surface area contributed by atoms with Gasteiger partial charge >= 0.3 is 11.9 Å². The van der Waals surface area contributed by atoms with Crippen LogP contribution in [0.25, 0.3) is 0 Å². The lowest BCUT2D eigenvalue weighted by molar-refractivity contribution is -0.155. The minimum atomic E-state index is -0.458. The van der Waals surface area contributed by atoms with Crippen molar-refractivity contribution < 1.29 is 28.9 Å². The maximum atomic E-state index is 11.4. The third-order valence-electron chi connectivity index (χ3n) is 2.12. The van der Waals surface area contributed by atoms with E-state index in [4.69, 9.17) is 19.3 Å². The number of carbonyl (C=O) groups is 2. The van der Waals surface area contributed by atoms with Crippen LogP contribution in [0.2, 0.25) is 0 Å². The van der Waals surface area contributed by atoms with Gasteiger partial charge in [-0.25, -0.2) is 0 Å². The van der Waals surface area contributed by atoms with Gasteiger partial charge in [-0.05, 0) is 33.6 Å². The predicted molar refractivity (Wildman–Crippen MR) is 73.2 cm³/mol. The van der Waals surface area contributed by atoms with Crippen molar-refractivity contribution >= 4 is 11.9 Å². The van der Waals surface area contributed by atoms with Crippen LogP contribution in [0.15, 0.2) is 0 Å². The fourth-order valence-electron chi connectivity index (χ4n) is 1.32. The Morgan fingerprint density at radius 2 is 1.60 bits per heavy atom. The number of hydrogen-bond donors (Lipinski definition) is 1. The van der Waals surface area contributed by atoms with E-state index in [0.29, 0.717) is 32.5 Å². The Morgan fingerprint density at radius 1 is 0.950 bits per heavy atom. The first kappa shape index (κ1) is 18.9. The van der Waals surface area contributed by atoms with Gasteiger partial charge in [0.1, 0.15) is 12.2 Å². The van der Waals surface area contributed by atoms with Crippen molar-refractivity contribution in [2.75, 3.05) is 26.4 Å². The van der Waals surface area contributed by atoms with Crippen LogP contribution in [0, 0.1) is 0 Å². The SMILES string of the molecule is CC(C)(C)OC(=O)CCCOCCOC(=O)CCCO. The zero-order valence-electron chi connectivity index (χ0n) is 12.6. The number of esters is 2. The first-order valence-electron chi connectivity index (χ1n) is 6.91. The summed E-state index contributed by atoms with van der Waals surface area (Å²) in [5.74, 6) is -0.576. The third-order valence-corrected chi connectivity index (χ3v) is 2.12.